The maximum Gasteiger partial charge on any atom is 0.191 e. The van der Waals surface area contributed by atoms with Crippen LogP contribution in [0.15, 0.2) is 35.8 Å². The summed E-state index contributed by atoms with van der Waals surface area (Å²) in [4.78, 5) is 4.32. The first-order valence-electron chi connectivity index (χ1n) is 10.7. The Bertz CT molecular complexity index is 720. The van der Waals surface area contributed by atoms with Crippen LogP contribution < -0.4 is 15.4 Å². The van der Waals surface area contributed by atoms with Crippen LogP contribution in [0.2, 0.25) is 0 Å². The lowest BCUT2D eigenvalue weighted by Crippen LogP contribution is -2.37. The molecule has 30 heavy (non-hydrogen) atoms. The molecular weight excluding hydrogens is 491 g/mol. The van der Waals surface area contributed by atoms with E-state index in [0.717, 1.165) is 56.2 Å². The van der Waals surface area contributed by atoms with Crippen LogP contribution in [0.5, 0.6) is 5.75 Å². The van der Waals surface area contributed by atoms with Gasteiger partial charge in [-0.1, -0.05) is 38.3 Å². The molecule has 0 aliphatic carbocycles. The molecule has 1 aromatic carbocycles. The summed E-state index contributed by atoms with van der Waals surface area (Å²) < 4.78 is 8.06. The summed E-state index contributed by atoms with van der Waals surface area (Å²) in [5.41, 5.74) is 2.37. The molecule has 0 bridgehead atoms. The minimum Gasteiger partial charge on any atom is -0.493 e. The standard InChI is InChI=1S/C22H36N6O.HI/c1-4-5-6-9-14-29-21-15-19(2)10-11-20(21)16-25-22(23-3)24-12-7-8-13-28-17-26-27-18-28;/h10-11,15,17-18H,4-9,12-14,16H2,1-3H3,(H2,23,24,25);1H. The summed E-state index contributed by atoms with van der Waals surface area (Å²) >= 11 is 0. The molecule has 0 aliphatic heterocycles. The van der Waals surface area contributed by atoms with Crippen molar-refractivity contribution in [3.63, 3.8) is 0 Å². The van der Waals surface area contributed by atoms with Gasteiger partial charge in [-0.2, -0.15) is 0 Å². The fourth-order valence-electron chi connectivity index (χ4n) is 3.02. The average molecular weight is 528 g/mol. The maximum atomic E-state index is 6.07. The molecule has 8 heteroatoms. The lowest BCUT2D eigenvalue weighted by atomic mass is 10.1. The fraction of sp³-hybridized carbons (Fsp3) is 0.591. The van der Waals surface area contributed by atoms with Crippen LogP contribution >= 0.6 is 24.0 Å². The molecule has 0 amide bonds. The number of hydrogen-bond acceptors (Lipinski definition) is 4. The molecule has 168 valence electrons. The topological polar surface area (TPSA) is 76.4 Å². The van der Waals surface area contributed by atoms with Gasteiger partial charge in [0.15, 0.2) is 5.96 Å². The number of rotatable bonds is 13. The van der Waals surface area contributed by atoms with E-state index in [1.54, 1.807) is 19.7 Å². The molecule has 1 aromatic heterocycles. The minimum absolute atomic E-state index is 0. The second-order valence-corrected chi connectivity index (χ2v) is 7.28. The average Bonchev–Trinajstić information content (AvgIpc) is 3.24. The number of ether oxygens (including phenoxy) is 1. The van der Waals surface area contributed by atoms with Crippen molar-refractivity contribution in [3.05, 3.63) is 42.0 Å². The minimum atomic E-state index is 0. The van der Waals surface area contributed by atoms with Crippen molar-refractivity contribution in [2.45, 2.75) is 65.5 Å². The van der Waals surface area contributed by atoms with Gasteiger partial charge in [-0.15, -0.1) is 34.2 Å². The molecule has 2 aromatic rings. The van der Waals surface area contributed by atoms with Crippen molar-refractivity contribution in [3.8, 4) is 5.75 Å². The SMILES string of the molecule is CCCCCCOc1cc(C)ccc1CNC(=NC)NCCCCn1cnnc1.I. The number of benzene rings is 1. The van der Waals surface area contributed by atoms with Gasteiger partial charge in [-0.05, 0) is 37.8 Å². The van der Waals surface area contributed by atoms with Gasteiger partial charge >= 0.3 is 0 Å². The fourth-order valence-corrected chi connectivity index (χ4v) is 3.02. The van der Waals surface area contributed by atoms with Crippen LogP contribution in [0.25, 0.3) is 0 Å². The van der Waals surface area contributed by atoms with Crippen molar-refractivity contribution in [2.75, 3.05) is 20.2 Å². The third-order valence-electron chi connectivity index (χ3n) is 4.75. The highest BCUT2D eigenvalue weighted by molar-refractivity contribution is 14.0. The first-order chi connectivity index (χ1) is 14.2. The van der Waals surface area contributed by atoms with Crippen LogP contribution in [-0.2, 0) is 13.1 Å². The molecule has 0 fully saturated rings. The summed E-state index contributed by atoms with van der Waals surface area (Å²) in [6.45, 7) is 7.59. The number of nitrogens with one attached hydrogen (secondary N) is 2. The smallest absolute Gasteiger partial charge is 0.191 e. The largest absolute Gasteiger partial charge is 0.493 e. The zero-order valence-corrected chi connectivity index (χ0v) is 20.9. The quantitative estimate of drug-likeness (QED) is 0.175. The molecule has 0 spiro atoms. The summed E-state index contributed by atoms with van der Waals surface area (Å²) in [6, 6.07) is 6.39. The Morgan fingerprint density at radius 3 is 2.60 bits per heavy atom. The van der Waals surface area contributed by atoms with Gasteiger partial charge in [0.2, 0.25) is 0 Å². The van der Waals surface area contributed by atoms with Crippen molar-refractivity contribution in [1.29, 1.82) is 0 Å². The van der Waals surface area contributed by atoms with Gasteiger partial charge < -0.3 is 19.9 Å². The van der Waals surface area contributed by atoms with Crippen LogP contribution in [-0.4, -0.2) is 40.9 Å². The molecule has 0 unspecified atom stereocenters. The van der Waals surface area contributed by atoms with E-state index in [1.807, 2.05) is 4.57 Å². The lowest BCUT2D eigenvalue weighted by Gasteiger charge is -2.15. The molecule has 2 rings (SSSR count). The van der Waals surface area contributed by atoms with Crippen LogP contribution in [0.4, 0.5) is 0 Å². The third-order valence-corrected chi connectivity index (χ3v) is 4.75. The number of nitrogens with zero attached hydrogens (tertiary/aromatic N) is 4. The van der Waals surface area contributed by atoms with Gasteiger partial charge in [0.1, 0.15) is 18.4 Å². The number of guanidine groups is 1. The van der Waals surface area contributed by atoms with E-state index in [4.69, 9.17) is 4.74 Å². The summed E-state index contributed by atoms with van der Waals surface area (Å²) in [5.74, 6) is 1.78. The van der Waals surface area contributed by atoms with E-state index < -0.39 is 0 Å². The highest BCUT2D eigenvalue weighted by Gasteiger charge is 2.06. The van der Waals surface area contributed by atoms with Crippen molar-refractivity contribution < 1.29 is 4.74 Å². The van der Waals surface area contributed by atoms with Crippen LogP contribution in [0.3, 0.4) is 0 Å². The number of aryl methyl sites for hydroxylation is 2. The van der Waals surface area contributed by atoms with E-state index >= 15 is 0 Å². The zero-order chi connectivity index (χ0) is 20.7. The Morgan fingerprint density at radius 2 is 1.87 bits per heavy atom. The molecule has 7 nitrogen and oxygen atoms in total. The molecule has 2 N–H and O–H groups in total. The van der Waals surface area contributed by atoms with E-state index in [-0.39, 0.29) is 24.0 Å². The lowest BCUT2D eigenvalue weighted by molar-refractivity contribution is 0.301. The Hall–Kier alpha value is -1.84. The maximum absolute atomic E-state index is 6.07. The number of halogens is 1. The van der Waals surface area contributed by atoms with E-state index in [2.05, 4.69) is 57.9 Å². The summed E-state index contributed by atoms with van der Waals surface area (Å²) in [6.07, 6.45) is 10.5. The first kappa shape index (κ1) is 26.2. The van der Waals surface area contributed by atoms with Gasteiger partial charge in [0.05, 0.1) is 6.61 Å². The second kappa shape index (κ2) is 15.9. The Morgan fingerprint density at radius 1 is 1.07 bits per heavy atom. The van der Waals surface area contributed by atoms with Crippen molar-refractivity contribution in [1.82, 2.24) is 25.4 Å². The predicted octanol–water partition coefficient (Wildman–Crippen LogP) is 4.31. The highest BCUT2D eigenvalue weighted by Crippen LogP contribution is 2.20. The Labute approximate surface area is 198 Å². The van der Waals surface area contributed by atoms with Crippen LogP contribution in [0, 0.1) is 6.92 Å². The predicted molar refractivity (Wildman–Crippen MR) is 134 cm³/mol. The highest BCUT2D eigenvalue weighted by atomic mass is 127. The number of aromatic nitrogens is 3. The van der Waals surface area contributed by atoms with Crippen LogP contribution in [0.1, 0.15) is 56.6 Å². The normalized spacial score (nSPS) is 11.1. The van der Waals surface area contributed by atoms with Crippen molar-refractivity contribution in [2.24, 2.45) is 4.99 Å². The van der Waals surface area contributed by atoms with E-state index in [0.29, 0.717) is 6.54 Å². The number of hydrogen-bond donors (Lipinski definition) is 2. The third kappa shape index (κ3) is 10.3. The second-order valence-electron chi connectivity index (χ2n) is 7.28. The molecule has 0 aliphatic rings. The van der Waals surface area contributed by atoms with Gasteiger partial charge in [-0.25, -0.2) is 0 Å². The molecular formula is C22H37IN6O. The van der Waals surface area contributed by atoms with E-state index in [1.165, 1.54) is 24.8 Å². The Kier molecular flexibility index (Phi) is 13.9. The molecule has 1 heterocycles. The molecule has 0 radical (unpaired) electrons. The van der Waals surface area contributed by atoms with Crippen molar-refractivity contribution >= 4 is 29.9 Å². The zero-order valence-electron chi connectivity index (χ0n) is 18.6. The van der Waals surface area contributed by atoms with Gasteiger partial charge in [0, 0.05) is 32.2 Å². The van der Waals surface area contributed by atoms with E-state index in [9.17, 15) is 0 Å². The molecule has 0 atom stereocenters. The monoisotopic (exact) mass is 528 g/mol. The summed E-state index contributed by atoms with van der Waals surface area (Å²) in [7, 11) is 1.80. The molecule has 0 saturated heterocycles. The first-order valence-corrected chi connectivity index (χ1v) is 10.7. The summed E-state index contributed by atoms with van der Waals surface area (Å²) in [5, 5.41) is 14.4. The molecule has 0 saturated carbocycles. The Balaban J connectivity index is 0.00000450. The number of aliphatic imine (C=N–C) groups is 1. The van der Waals surface area contributed by atoms with Gasteiger partial charge in [-0.3, -0.25) is 4.99 Å². The van der Waals surface area contributed by atoms with Gasteiger partial charge in [0.25, 0.3) is 0 Å². The number of unbranched alkanes of at least 4 members (excludes halogenated alkanes) is 4.